The van der Waals surface area contributed by atoms with Crippen molar-refractivity contribution in [3.8, 4) is 11.8 Å². The summed E-state index contributed by atoms with van der Waals surface area (Å²) in [5, 5.41) is 14.9. The van der Waals surface area contributed by atoms with Gasteiger partial charge in [0.1, 0.15) is 5.82 Å². The molecule has 1 amide bonds. The predicted molar refractivity (Wildman–Crippen MR) is 147 cm³/mol. The fraction of sp³-hybridized carbons (Fsp3) is 0.182. The van der Waals surface area contributed by atoms with Gasteiger partial charge in [0.05, 0.1) is 29.0 Å². The van der Waals surface area contributed by atoms with E-state index in [1.165, 1.54) is 23.3 Å². The molecule has 0 N–H and O–H groups in total. The predicted octanol–water partition coefficient (Wildman–Crippen LogP) is 6.15. The van der Waals surface area contributed by atoms with Gasteiger partial charge < -0.3 is 4.90 Å². The summed E-state index contributed by atoms with van der Waals surface area (Å²) < 4.78 is 15.4. The third kappa shape index (κ3) is 3.58. The number of hydrogen-bond donors (Lipinski definition) is 0. The minimum atomic E-state index is -0.279. The Kier molecular flexibility index (Phi) is 5.18. The van der Waals surface area contributed by atoms with Gasteiger partial charge in [-0.05, 0) is 84.1 Å². The molecule has 5 aromatic rings. The number of piperidine rings is 1. The molecule has 1 aliphatic carbocycles. The standard InChI is InChI=1S/C33H25FN4O/c1-21-14-30-25(18-36-38(30)27-12-10-26(34)11-13-27)16-28(21)33-20-37(32(39)24-9-5-6-22(15-24)17-35)19-29(33)31(33)23-7-3-2-4-8-23/h2-16,18,29,31H,19-20H2,1H3. The van der Waals surface area contributed by atoms with Crippen LogP contribution >= 0.6 is 0 Å². The highest BCUT2D eigenvalue weighted by atomic mass is 19.1. The average molecular weight is 513 g/mol. The quantitative estimate of drug-likeness (QED) is 0.290. The van der Waals surface area contributed by atoms with Crippen LogP contribution in [-0.2, 0) is 5.41 Å². The minimum absolute atomic E-state index is 0.0339. The Morgan fingerprint density at radius 1 is 1.03 bits per heavy atom. The average Bonchev–Trinajstić information content (AvgIpc) is 3.23. The molecule has 1 aliphatic heterocycles. The van der Waals surface area contributed by atoms with Crippen LogP contribution in [0.5, 0.6) is 0 Å². The third-order valence-corrected chi connectivity index (χ3v) is 8.55. The zero-order valence-electron chi connectivity index (χ0n) is 21.4. The Labute approximate surface area is 225 Å². The van der Waals surface area contributed by atoms with Crippen molar-refractivity contribution < 1.29 is 9.18 Å². The molecule has 2 heterocycles. The van der Waals surface area contributed by atoms with Crippen molar-refractivity contribution in [2.24, 2.45) is 5.92 Å². The van der Waals surface area contributed by atoms with Crippen LogP contribution in [0.25, 0.3) is 16.6 Å². The molecular weight excluding hydrogens is 487 g/mol. The van der Waals surface area contributed by atoms with Gasteiger partial charge in [0.2, 0.25) is 0 Å². The molecular formula is C33H25FN4O. The van der Waals surface area contributed by atoms with Crippen LogP contribution in [0.15, 0.2) is 97.2 Å². The Balaban J connectivity index is 1.30. The van der Waals surface area contributed by atoms with Crippen molar-refractivity contribution in [1.29, 1.82) is 5.26 Å². The Bertz CT molecular complexity index is 1790. The van der Waals surface area contributed by atoms with Gasteiger partial charge in [-0.3, -0.25) is 4.79 Å². The summed E-state index contributed by atoms with van der Waals surface area (Å²) in [6.45, 7) is 3.41. The van der Waals surface area contributed by atoms with E-state index >= 15 is 0 Å². The van der Waals surface area contributed by atoms with Gasteiger partial charge in [0.25, 0.3) is 5.91 Å². The number of rotatable bonds is 4. The van der Waals surface area contributed by atoms with E-state index in [9.17, 15) is 14.4 Å². The molecule has 190 valence electrons. The summed E-state index contributed by atoms with van der Waals surface area (Å²) in [6, 6.07) is 30.4. The largest absolute Gasteiger partial charge is 0.337 e. The number of carbonyl (C=O) groups excluding carboxylic acids is 1. The number of benzene rings is 4. The van der Waals surface area contributed by atoms with Gasteiger partial charge >= 0.3 is 0 Å². The molecule has 4 aromatic carbocycles. The number of likely N-dealkylation sites (tertiary alicyclic amines) is 1. The Morgan fingerprint density at radius 2 is 1.82 bits per heavy atom. The number of fused-ring (bicyclic) bond motifs is 2. The molecule has 0 radical (unpaired) electrons. The van der Waals surface area contributed by atoms with Crippen molar-refractivity contribution in [2.75, 3.05) is 13.1 Å². The Hall–Kier alpha value is -4.76. The van der Waals surface area contributed by atoms with Crippen molar-refractivity contribution in [3.05, 3.63) is 131 Å². The van der Waals surface area contributed by atoms with Crippen LogP contribution in [0.2, 0.25) is 0 Å². The van der Waals surface area contributed by atoms with Crippen molar-refractivity contribution in [2.45, 2.75) is 18.3 Å². The normalized spacial score (nSPS) is 21.5. The van der Waals surface area contributed by atoms with Crippen LogP contribution in [0.1, 0.15) is 38.5 Å². The molecule has 1 aromatic heterocycles. The number of aryl methyl sites for hydroxylation is 1. The van der Waals surface area contributed by atoms with Gasteiger partial charge in [0, 0.05) is 35.4 Å². The van der Waals surface area contributed by atoms with E-state index in [1.807, 2.05) is 21.8 Å². The maximum Gasteiger partial charge on any atom is 0.253 e. The molecule has 7 rings (SSSR count). The van der Waals surface area contributed by atoms with Crippen LogP contribution in [-0.4, -0.2) is 33.7 Å². The number of amides is 1. The SMILES string of the molecule is Cc1cc2c(cnn2-c2ccc(F)cc2)cc1C12CN(C(=O)c3cccc(C#N)c3)CC1C2c1ccccc1. The molecule has 3 unspecified atom stereocenters. The van der Waals surface area contributed by atoms with Crippen molar-refractivity contribution in [3.63, 3.8) is 0 Å². The second-order valence-corrected chi connectivity index (χ2v) is 10.7. The van der Waals surface area contributed by atoms with E-state index in [4.69, 9.17) is 0 Å². The molecule has 3 atom stereocenters. The lowest BCUT2D eigenvalue weighted by atomic mass is 9.86. The van der Waals surface area contributed by atoms with Crippen LogP contribution in [0.4, 0.5) is 4.39 Å². The summed E-state index contributed by atoms with van der Waals surface area (Å²) in [5.74, 6) is 0.301. The van der Waals surface area contributed by atoms with E-state index in [-0.39, 0.29) is 17.1 Å². The molecule has 2 fully saturated rings. The summed E-state index contributed by atoms with van der Waals surface area (Å²) in [5.41, 5.74) is 6.30. The smallest absolute Gasteiger partial charge is 0.253 e. The number of hydrogen-bond acceptors (Lipinski definition) is 3. The molecule has 6 heteroatoms. The van der Waals surface area contributed by atoms with E-state index in [2.05, 4.69) is 54.5 Å². The molecule has 39 heavy (non-hydrogen) atoms. The zero-order chi connectivity index (χ0) is 26.7. The maximum atomic E-state index is 13.6. The number of halogens is 1. The zero-order valence-corrected chi connectivity index (χ0v) is 21.4. The minimum Gasteiger partial charge on any atom is -0.337 e. The van der Waals surface area contributed by atoms with Gasteiger partial charge in [0.15, 0.2) is 0 Å². The highest BCUT2D eigenvalue weighted by Crippen LogP contribution is 2.69. The van der Waals surface area contributed by atoms with E-state index in [1.54, 1.807) is 36.4 Å². The number of nitrogens with zero attached hydrogens (tertiary/aromatic N) is 4. The van der Waals surface area contributed by atoms with Crippen molar-refractivity contribution in [1.82, 2.24) is 14.7 Å². The van der Waals surface area contributed by atoms with Gasteiger partial charge in [-0.1, -0.05) is 36.4 Å². The Morgan fingerprint density at radius 3 is 2.59 bits per heavy atom. The topological polar surface area (TPSA) is 61.9 Å². The van der Waals surface area contributed by atoms with Crippen molar-refractivity contribution >= 4 is 16.8 Å². The highest BCUT2D eigenvalue weighted by Gasteiger charge is 2.70. The molecule has 5 nitrogen and oxygen atoms in total. The molecule has 1 saturated heterocycles. The second-order valence-electron chi connectivity index (χ2n) is 10.7. The number of aromatic nitrogens is 2. The summed E-state index contributed by atoms with van der Waals surface area (Å²) >= 11 is 0. The van der Waals surface area contributed by atoms with Crippen LogP contribution < -0.4 is 0 Å². The fourth-order valence-corrected chi connectivity index (χ4v) is 6.79. The lowest BCUT2D eigenvalue weighted by Crippen LogP contribution is -2.34. The van der Waals surface area contributed by atoms with E-state index < -0.39 is 0 Å². The first-order chi connectivity index (χ1) is 19.0. The first-order valence-corrected chi connectivity index (χ1v) is 13.1. The molecule has 2 aliphatic rings. The molecule has 0 spiro atoms. The summed E-state index contributed by atoms with van der Waals surface area (Å²) in [7, 11) is 0. The first-order valence-electron chi connectivity index (χ1n) is 13.1. The number of nitriles is 1. The maximum absolute atomic E-state index is 13.6. The summed E-state index contributed by atoms with van der Waals surface area (Å²) in [4.78, 5) is 15.5. The first kappa shape index (κ1) is 23.4. The lowest BCUT2D eigenvalue weighted by molar-refractivity contribution is 0.0769. The van der Waals surface area contributed by atoms with E-state index in [0.717, 1.165) is 22.2 Å². The highest BCUT2D eigenvalue weighted by molar-refractivity contribution is 5.95. The second kappa shape index (κ2) is 8.64. The summed E-state index contributed by atoms with van der Waals surface area (Å²) in [6.07, 6.45) is 1.86. The molecule has 1 saturated carbocycles. The van der Waals surface area contributed by atoms with E-state index in [0.29, 0.717) is 36.1 Å². The third-order valence-electron chi connectivity index (χ3n) is 8.55. The fourth-order valence-electron chi connectivity index (χ4n) is 6.79. The monoisotopic (exact) mass is 512 g/mol. The van der Waals surface area contributed by atoms with Gasteiger partial charge in [-0.25, -0.2) is 9.07 Å². The lowest BCUT2D eigenvalue weighted by Gasteiger charge is -2.26. The molecule has 0 bridgehead atoms. The number of carbonyl (C=O) groups is 1. The van der Waals surface area contributed by atoms with Crippen LogP contribution in [0.3, 0.4) is 0 Å². The van der Waals surface area contributed by atoms with Gasteiger partial charge in [-0.2, -0.15) is 10.4 Å². The van der Waals surface area contributed by atoms with Crippen LogP contribution in [0, 0.1) is 30.0 Å². The van der Waals surface area contributed by atoms with Gasteiger partial charge in [-0.15, -0.1) is 0 Å².